The number of aromatic amines is 1. The van der Waals surface area contributed by atoms with Crippen LogP contribution in [0.3, 0.4) is 0 Å². The molecule has 0 aliphatic carbocycles. The van der Waals surface area contributed by atoms with Crippen LogP contribution in [0.15, 0.2) is 37.1 Å². The topological polar surface area (TPSA) is 57.7 Å². The Kier molecular flexibility index (Phi) is 4.45. The van der Waals surface area contributed by atoms with Crippen molar-refractivity contribution in [2.45, 2.75) is 39.5 Å². The maximum absolute atomic E-state index is 4.65. The number of hydrogen-bond donors (Lipinski definition) is 1. The second kappa shape index (κ2) is 6.90. The van der Waals surface area contributed by atoms with E-state index in [4.69, 9.17) is 0 Å². The molecule has 1 N–H and O–H groups in total. The van der Waals surface area contributed by atoms with Gasteiger partial charge in [0, 0.05) is 36.5 Å². The lowest BCUT2D eigenvalue weighted by Gasteiger charge is -2.33. The summed E-state index contributed by atoms with van der Waals surface area (Å²) in [6.45, 7) is 8.37. The van der Waals surface area contributed by atoms with Crippen LogP contribution in [0.5, 0.6) is 0 Å². The van der Waals surface area contributed by atoms with E-state index in [9.17, 15) is 0 Å². The first-order valence-electron chi connectivity index (χ1n) is 9.26. The van der Waals surface area contributed by atoms with Crippen molar-refractivity contribution in [3.05, 3.63) is 59.6 Å². The molecule has 0 amide bonds. The van der Waals surface area contributed by atoms with Crippen molar-refractivity contribution in [3.63, 3.8) is 0 Å². The number of anilines is 1. The molecule has 1 aliphatic rings. The highest BCUT2D eigenvalue weighted by atomic mass is 15.2. The summed E-state index contributed by atoms with van der Waals surface area (Å²) in [7, 11) is 0. The molecular formula is C21H25N5. The molecule has 134 valence electrons. The second-order valence-corrected chi connectivity index (χ2v) is 7.25. The molecule has 0 radical (unpaired) electrons. The number of rotatable bonds is 3. The quantitative estimate of drug-likeness (QED) is 0.772. The molecule has 5 nitrogen and oxygen atoms in total. The lowest BCUT2D eigenvalue weighted by Crippen LogP contribution is -2.34. The van der Waals surface area contributed by atoms with Gasteiger partial charge in [0.25, 0.3) is 0 Å². The first kappa shape index (κ1) is 16.8. The summed E-state index contributed by atoms with van der Waals surface area (Å²) in [4.78, 5) is 19.1. The van der Waals surface area contributed by atoms with Crippen molar-refractivity contribution in [3.8, 4) is 11.1 Å². The summed E-state index contributed by atoms with van der Waals surface area (Å²) in [6.07, 6.45) is 7.62. The van der Waals surface area contributed by atoms with Crippen LogP contribution in [-0.4, -0.2) is 33.0 Å². The van der Waals surface area contributed by atoms with Crippen molar-refractivity contribution in [1.29, 1.82) is 0 Å². The highest BCUT2D eigenvalue weighted by molar-refractivity contribution is 5.77. The van der Waals surface area contributed by atoms with Crippen molar-refractivity contribution in [1.82, 2.24) is 19.9 Å². The zero-order valence-corrected chi connectivity index (χ0v) is 15.7. The van der Waals surface area contributed by atoms with E-state index >= 15 is 0 Å². The maximum atomic E-state index is 4.65. The first-order valence-corrected chi connectivity index (χ1v) is 9.26. The Bertz CT molecular complexity index is 906. The van der Waals surface area contributed by atoms with Crippen LogP contribution < -0.4 is 4.90 Å². The average molecular weight is 347 g/mol. The van der Waals surface area contributed by atoms with Gasteiger partial charge in [0.05, 0.1) is 12.0 Å². The van der Waals surface area contributed by atoms with Crippen LogP contribution in [0.2, 0.25) is 0 Å². The molecule has 3 heterocycles. The van der Waals surface area contributed by atoms with E-state index in [1.165, 1.54) is 28.1 Å². The van der Waals surface area contributed by atoms with Gasteiger partial charge in [0.2, 0.25) is 0 Å². The van der Waals surface area contributed by atoms with Crippen molar-refractivity contribution in [2.24, 2.45) is 0 Å². The van der Waals surface area contributed by atoms with E-state index in [1.54, 1.807) is 12.7 Å². The minimum atomic E-state index is 0.531. The number of piperidine rings is 1. The standard InChI is InChI=1S/C21H25N5/c1-14-4-5-15(2)18(10-14)19-11-22-12-25-21(19)26-8-6-17(7-9-26)20-16(3)23-13-24-20/h4-5,10-13,17H,6-9H2,1-3H3,(H,23,24). The largest absolute Gasteiger partial charge is 0.356 e. The molecule has 2 aromatic heterocycles. The molecule has 1 fully saturated rings. The van der Waals surface area contributed by atoms with Gasteiger partial charge in [-0.05, 0) is 44.7 Å². The van der Waals surface area contributed by atoms with Crippen LogP contribution >= 0.6 is 0 Å². The van der Waals surface area contributed by atoms with Gasteiger partial charge in [0.1, 0.15) is 12.1 Å². The van der Waals surface area contributed by atoms with Gasteiger partial charge >= 0.3 is 0 Å². The number of aromatic nitrogens is 4. The Hall–Kier alpha value is -2.69. The van der Waals surface area contributed by atoms with Crippen LogP contribution in [0.4, 0.5) is 5.82 Å². The van der Waals surface area contributed by atoms with Crippen LogP contribution in [0.25, 0.3) is 11.1 Å². The Morgan fingerprint density at radius 2 is 1.85 bits per heavy atom. The molecule has 0 bridgehead atoms. The van der Waals surface area contributed by atoms with Gasteiger partial charge in [-0.1, -0.05) is 23.8 Å². The van der Waals surface area contributed by atoms with Crippen LogP contribution in [-0.2, 0) is 0 Å². The van der Waals surface area contributed by atoms with Crippen molar-refractivity contribution >= 4 is 5.82 Å². The molecule has 1 aliphatic heterocycles. The van der Waals surface area contributed by atoms with Crippen molar-refractivity contribution < 1.29 is 0 Å². The summed E-state index contributed by atoms with van der Waals surface area (Å²) in [5.74, 6) is 1.58. The van der Waals surface area contributed by atoms with Crippen LogP contribution in [0.1, 0.15) is 41.3 Å². The van der Waals surface area contributed by atoms with Gasteiger partial charge in [0.15, 0.2) is 0 Å². The number of benzene rings is 1. The zero-order valence-electron chi connectivity index (χ0n) is 15.7. The lowest BCUT2D eigenvalue weighted by molar-refractivity contribution is 0.493. The molecule has 26 heavy (non-hydrogen) atoms. The van der Waals surface area contributed by atoms with Gasteiger partial charge < -0.3 is 9.88 Å². The number of nitrogens with zero attached hydrogens (tertiary/aromatic N) is 4. The lowest BCUT2D eigenvalue weighted by atomic mass is 9.92. The predicted octanol–water partition coefficient (Wildman–Crippen LogP) is 4.18. The summed E-state index contributed by atoms with van der Waals surface area (Å²) < 4.78 is 0. The molecule has 1 aromatic carbocycles. The molecule has 1 saturated heterocycles. The van der Waals surface area contributed by atoms with Gasteiger partial charge in [-0.3, -0.25) is 0 Å². The fourth-order valence-corrected chi connectivity index (χ4v) is 3.94. The van der Waals surface area contributed by atoms with E-state index in [-0.39, 0.29) is 0 Å². The zero-order chi connectivity index (χ0) is 18.1. The third kappa shape index (κ3) is 3.09. The minimum Gasteiger partial charge on any atom is -0.356 e. The van der Waals surface area contributed by atoms with Gasteiger partial charge in [-0.2, -0.15) is 0 Å². The summed E-state index contributed by atoms with van der Waals surface area (Å²) >= 11 is 0. The molecule has 3 aromatic rings. The maximum Gasteiger partial charge on any atom is 0.139 e. The number of nitrogens with one attached hydrogen (secondary N) is 1. The Morgan fingerprint density at radius 3 is 2.58 bits per heavy atom. The highest BCUT2D eigenvalue weighted by Crippen LogP contribution is 2.35. The van der Waals surface area contributed by atoms with E-state index in [1.807, 2.05) is 6.20 Å². The summed E-state index contributed by atoms with van der Waals surface area (Å²) in [5.41, 5.74) is 7.29. The molecule has 5 heteroatoms. The number of H-pyrrole nitrogens is 1. The SMILES string of the molecule is Cc1ccc(C)c(-c2cncnc2N2CCC(c3nc[nH]c3C)CC2)c1. The third-order valence-corrected chi connectivity index (χ3v) is 5.42. The number of imidazole rings is 1. The monoisotopic (exact) mass is 347 g/mol. The summed E-state index contributed by atoms with van der Waals surface area (Å²) in [5, 5.41) is 0. The highest BCUT2D eigenvalue weighted by Gasteiger charge is 2.25. The van der Waals surface area contributed by atoms with Gasteiger partial charge in [-0.15, -0.1) is 0 Å². The number of hydrogen-bond acceptors (Lipinski definition) is 4. The fourth-order valence-electron chi connectivity index (χ4n) is 3.94. The van der Waals surface area contributed by atoms with E-state index in [2.05, 4.69) is 63.8 Å². The normalized spacial score (nSPS) is 15.4. The smallest absolute Gasteiger partial charge is 0.139 e. The minimum absolute atomic E-state index is 0.531. The van der Waals surface area contributed by atoms with E-state index in [0.29, 0.717) is 5.92 Å². The molecular weight excluding hydrogens is 322 g/mol. The Morgan fingerprint density at radius 1 is 1.04 bits per heavy atom. The molecule has 0 unspecified atom stereocenters. The van der Waals surface area contributed by atoms with E-state index < -0.39 is 0 Å². The Labute approximate surface area is 154 Å². The average Bonchev–Trinajstić information content (AvgIpc) is 3.10. The second-order valence-electron chi connectivity index (χ2n) is 7.25. The van der Waals surface area contributed by atoms with Gasteiger partial charge in [-0.25, -0.2) is 15.0 Å². The van der Waals surface area contributed by atoms with Crippen molar-refractivity contribution in [2.75, 3.05) is 18.0 Å². The number of aryl methyl sites for hydroxylation is 3. The van der Waals surface area contributed by atoms with Crippen LogP contribution in [0, 0.1) is 20.8 Å². The fraction of sp³-hybridized carbons (Fsp3) is 0.381. The predicted molar refractivity (Wildman–Crippen MR) is 104 cm³/mol. The molecule has 0 saturated carbocycles. The molecule has 0 spiro atoms. The Balaban J connectivity index is 1.60. The molecule has 4 rings (SSSR count). The summed E-state index contributed by atoms with van der Waals surface area (Å²) in [6, 6.07) is 6.56. The van der Waals surface area contributed by atoms with E-state index in [0.717, 1.165) is 37.3 Å². The molecule has 0 atom stereocenters. The first-order chi connectivity index (χ1) is 12.6. The third-order valence-electron chi connectivity index (χ3n) is 5.42.